The standard InChI is InChI=1S/C13H16BrFN2O2/c1-7-5-17(6-8(2)19-7)13(18)9-3-12(16)11(15)4-10(9)14/h3-4,7-8H,5-6,16H2,1-2H3. The van der Waals surface area contributed by atoms with Crippen LogP contribution < -0.4 is 5.73 Å². The number of nitrogens with zero attached hydrogens (tertiary/aromatic N) is 1. The molecule has 0 radical (unpaired) electrons. The number of nitrogens with two attached hydrogens (primary N) is 1. The van der Waals surface area contributed by atoms with Gasteiger partial charge in [-0.15, -0.1) is 0 Å². The topological polar surface area (TPSA) is 55.6 Å². The van der Waals surface area contributed by atoms with Crippen LogP contribution in [0.4, 0.5) is 10.1 Å². The van der Waals surface area contributed by atoms with Crippen LogP contribution in [-0.2, 0) is 4.74 Å². The summed E-state index contributed by atoms with van der Waals surface area (Å²) in [6.07, 6.45) is -0.0199. The van der Waals surface area contributed by atoms with Crippen LogP contribution in [0.1, 0.15) is 24.2 Å². The van der Waals surface area contributed by atoms with Crippen molar-refractivity contribution in [3.05, 3.63) is 28.0 Å². The van der Waals surface area contributed by atoms with Crippen LogP contribution in [0.3, 0.4) is 0 Å². The highest BCUT2D eigenvalue weighted by atomic mass is 79.9. The zero-order valence-corrected chi connectivity index (χ0v) is 12.4. The predicted octanol–water partition coefficient (Wildman–Crippen LogP) is 2.42. The first-order chi connectivity index (χ1) is 8.88. The Morgan fingerprint density at radius 1 is 1.42 bits per heavy atom. The molecule has 1 aromatic carbocycles. The molecule has 1 saturated heterocycles. The quantitative estimate of drug-likeness (QED) is 0.804. The maximum Gasteiger partial charge on any atom is 0.255 e. The van der Waals surface area contributed by atoms with E-state index in [4.69, 9.17) is 10.5 Å². The first-order valence-electron chi connectivity index (χ1n) is 6.07. The van der Waals surface area contributed by atoms with Gasteiger partial charge in [0, 0.05) is 17.6 Å². The summed E-state index contributed by atoms with van der Waals surface area (Å²) < 4.78 is 19.3. The minimum Gasteiger partial charge on any atom is -0.396 e. The Labute approximate surface area is 119 Å². The van der Waals surface area contributed by atoms with Crippen molar-refractivity contribution < 1.29 is 13.9 Å². The predicted molar refractivity (Wildman–Crippen MR) is 74.4 cm³/mol. The number of halogens is 2. The largest absolute Gasteiger partial charge is 0.396 e. The highest BCUT2D eigenvalue weighted by molar-refractivity contribution is 9.10. The number of ether oxygens (including phenoxy) is 1. The van der Waals surface area contributed by atoms with E-state index in [1.54, 1.807) is 4.90 Å². The molecule has 1 fully saturated rings. The number of nitrogen functional groups attached to an aromatic ring is 1. The summed E-state index contributed by atoms with van der Waals surface area (Å²) in [7, 11) is 0. The molecule has 4 nitrogen and oxygen atoms in total. The normalized spacial score (nSPS) is 23.5. The van der Waals surface area contributed by atoms with E-state index < -0.39 is 5.82 Å². The number of anilines is 1. The van der Waals surface area contributed by atoms with Gasteiger partial charge in [0.15, 0.2) is 0 Å². The van der Waals surface area contributed by atoms with E-state index in [1.165, 1.54) is 12.1 Å². The monoisotopic (exact) mass is 330 g/mol. The van der Waals surface area contributed by atoms with Gasteiger partial charge in [0.2, 0.25) is 0 Å². The molecule has 2 unspecified atom stereocenters. The number of carbonyl (C=O) groups is 1. The summed E-state index contributed by atoms with van der Waals surface area (Å²) >= 11 is 3.20. The highest BCUT2D eigenvalue weighted by Crippen LogP contribution is 2.25. The molecule has 0 aromatic heterocycles. The second kappa shape index (κ2) is 5.46. The molecule has 1 aromatic rings. The number of rotatable bonds is 1. The lowest BCUT2D eigenvalue weighted by molar-refractivity contribution is -0.0586. The van der Waals surface area contributed by atoms with Crippen molar-refractivity contribution in [1.29, 1.82) is 0 Å². The number of morpholine rings is 1. The lowest BCUT2D eigenvalue weighted by Gasteiger charge is -2.35. The molecule has 19 heavy (non-hydrogen) atoms. The Balaban J connectivity index is 2.26. The third-order valence-electron chi connectivity index (χ3n) is 3.02. The van der Waals surface area contributed by atoms with Crippen molar-refractivity contribution in [3.63, 3.8) is 0 Å². The van der Waals surface area contributed by atoms with E-state index in [2.05, 4.69) is 15.9 Å². The molecule has 104 valence electrons. The minimum absolute atomic E-state index is 0.00993. The highest BCUT2D eigenvalue weighted by Gasteiger charge is 2.28. The van der Waals surface area contributed by atoms with Crippen LogP contribution >= 0.6 is 15.9 Å². The van der Waals surface area contributed by atoms with Crippen molar-refractivity contribution >= 4 is 27.5 Å². The van der Waals surface area contributed by atoms with Gasteiger partial charge in [0.25, 0.3) is 5.91 Å². The lowest BCUT2D eigenvalue weighted by atomic mass is 10.1. The van der Waals surface area contributed by atoms with Crippen LogP contribution in [0.25, 0.3) is 0 Å². The summed E-state index contributed by atoms with van der Waals surface area (Å²) in [6.45, 7) is 4.88. The Kier molecular flexibility index (Phi) is 4.10. The smallest absolute Gasteiger partial charge is 0.255 e. The third-order valence-corrected chi connectivity index (χ3v) is 3.68. The molecule has 1 heterocycles. The van der Waals surface area contributed by atoms with E-state index in [9.17, 15) is 9.18 Å². The zero-order chi connectivity index (χ0) is 14.2. The fourth-order valence-corrected chi connectivity index (χ4v) is 2.73. The molecular weight excluding hydrogens is 315 g/mol. The molecule has 0 spiro atoms. The van der Waals surface area contributed by atoms with E-state index >= 15 is 0 Å². The molecule has 1 aliphatic heterocycles. The second-order valence-electron chi connectivity index (χ2n) is 4.82. The maximum absolute atomic E-state index is 13.3. The van der Waals surface area contributed by atoms with Crippen molar-refractivity contribution in [2.45, 2.75) is 26.1 Å². The van der Waals surface area contributed by atoms with Gasteiger partial charge >= 0.3 is 0 Å². The SMILES string of the molecule is CC1CN(C(=O)c2cc(N)c(F)cc2Br)CC(C)O1. The maximum atomic E-state index is 13.3. The van der Waals surface area contributed by atoms with E-state index in [0.717, 1.165) is 0 Å². The minimum atomic E-state index is -0.535. The van der Waals surface area contributed by atoms with Crippen LogP contribution in [0, 0.1) is 5.82 Å². The fourth-order valence-electron chi connectivity index (χ4n) is 2.24. The number of amides is 1. The lowest BCUT2D eigenvalue weighted by Crippen LogP contribution is -2.48. The molecule has 1 amide bonds. The summed E-state index contributed by atoms with van der Waals surface area (Å²) in [5.74, 6) is -0.701. The molecule has 2 atom stereocenters. The van der Waals surface area contributed by atoms with Gasteiger partial charge in [-0.05, 0) is 41.9 Å². The van der Waals surface area contributed by atoms with Gasteiger partial charge in [-0.1, -0.05) is 0 Å². The van der Waals surface area contributed by atoms with Gasteiger partial charge in [-0.25, -0.2) is 4.39 Å². The number of hydrogen-bond acceptors (Lipinski definition) is 3. The first-order valence-corrected chi connectivity index (χ1v) is 6.87. The van der Waals surface area contributed by atoms with Crippen molar-refractivity contribution in [2.24, 2.45) is 0 Å². The molecule has 2 N–H and O–H groups in total. The number of hydrogen-bond donors (Lipinski definition) is 1. The summed E-state index contributed by atoms with van der Waals surface area (Å²) in [5.41, 5.74) is 5.87. The van der Waals surface area contributed by atoms with E-state index in [1.807, 2.05) is 13.8 Å². The molecule has 2 rings (SSSR count). The molecule has 1 aliphatic rings. The van der Waals surface area contributed by atoms with Crippen molar-refractivity contribution in [2.75, 3.05) is 18.8 Å². The average molecular weight is 331 g/mol. The number of benzene rings is 1. The summed E-state index contributed by atoms with van der Waals surface area (Å²) in [4.78, 5) is 14.1. The molecular formula is C13H16BrFN2O2. The zero-order valence-electron chi connectivity index (χ0n) is 10.8. The second-order valence-corrected chi connectivity index (χ2v) is 5.68. The van der Waals surface area contributed by atoms with Gasteiger partial charge in [0.05, 0.1) is 23.5 Å². The van der Waals surface area contributed by atoms with E-state index in [-0.39, 0.29) is 23.8 Å². The van der Waals surface area contributed by atoms with Crippen LogP contribution in [-0.4, -0.2) is 36.1 Å². The van der Waals surface area contributed by atoms with Crippen molar-refractivity contribution in [3.8, 4) is 0 Å². The third kappa shape index (κ3) is 3.06. The Hall–Kier alpha value is -1.14. The Bertz CT molecular complexity index is 500. The first kappa shape index (κ1) is 14.3. The van der Waals surface area contributed by atoms with Gasteiger partial charge < -0.3 is 15.4 Å². The van der Waals surface area contributed by atoms with Crippen molar-refractivity contribution in [1.82, 2.24) is 4.90 Å². The summed E-state index contributed by atoms with van der Waals surface area (Å²) in [6, 6.07) is 2.59. The molecule has 0 saturated carbocycles. The Morgan fingerprint density at radius 3 is 2.58 bits per heavy atom. The van der Waals surface area contributed by atoms with Crippen LogP contribution in [0.15, 0.2) is 16.6 Å². The Morgan fingerprint density at radius 2 is 2.00 bits per heavy atom. The van der Waals surface area contributed by atoms with Gasteiger partial charge in [0.1, 0.15) is 5.82 Å². The van der Waals surface area contributed by atoms with Gasteiger partial charge in [-0.2, -0.15) is 0 Å². The molecule has 6 heteroatoms. The molecule has 0 aliphatic carbocycles. The molecule has 0 bridgehead atoms. The average Bonchev–Trinajstić information content (AvgIpc) is 2.31. The fraction of sp³-hybridized carbons (Fsp3) is 0.462. The van der Waals surface area contributed by atoms with E-state index in [0.29, 0.717) is 23.1 Å². The van der Waals surface area contributed by atoms with Gasteiger partial charge in [-0.3, -0.25) is 4.79 Å². The number of carbonyl (C=O) groups excluding carboxylic acids is 1. The summed E-state index contributed by atoms with van der Waals surface area (Å²) in [5, 5.41) is 0. The van der Waals surface area contributed by atoms with Crippen LogP contribution in [0.2, 0.25) is 0 Å². The van der Waals surface area contributed by atoms with Crippen LogP contribution in [0.5, 0.6) is 0 Å².